The number of carbonyl (C=O) groups is 2. The highest BCUT2D eigenvalue weighted by molar-refractivity contribution is 6.36. The summed E-state index contributed by atoms with van der Waals surface area (Å²) in [7, 11) is 0. The Bertz CT molecular complexity index is 841. The van der Waals surface area contributed by atoms with E-state index in [0.29, 0.717) is 34.5 Å². The number of hydrogen-bond acceptors (Lipinski definition) is 4. The van der Waals surface area contributed by atoms with Crippen molar-refractivity contribution >= 4 is 34.3 Å². The van der Waals surface area contributed by atoms with Gasteiger partial charge in [-0.3, -0.25) is 14.6 Å². The number of pyridine rings is 1. The molecule has 0 aliphatic carbocycles. The number of likely N-dealkylation sites (tertiary alicyclic amines) is 1. The van der Waals surface area contributed by atoms with Crippen LogP contribution in [0.4, 0.5) is 0 Å². The zero-order valence-electron chi connectivity index (χ0n) is 12.8. The summed E-state index contributed by atoms with van der Waals surface area (Å²) in [6.07, 6.45) is 3.02. The normalized spacial score (nSPS) is 16.8. The molecular formula is C17H15ClN4O2. The van der Waals surface area contributed by atoms with Crippen LogP contribution in [0.5, 0.6) is 0 Å². The number of rotatable bonds is 3. The third-order valence-corrected chi connectivity index (χ3v) is 4.40. The maximum Gasteiger partial charge on any atom is 0.252 e. The minimum absolute atomic E-state index is 0.148. The Morgan fingerprint density at radius 1 is 1.42 bits per heavy atom. The molecule has 122 valence electrons. The van der Waals surface area contributed by atoms with Crippen LogP contribution >= 0.6 is 11.6 Å². The van der Waals surface area contributed by atoms with Crippen LogP contribution in [0, 0.1) is 11.3 Å². The van der Waals surface area contributed by atoms with Crippen molar-refractivity contribution in [1.29, 1.82) is 5.26 Å². The van der Waals surface area contributed by atoms with Crippen LogP contribution in [0.25, 0.3) is 10.9 Å². The molecule has 24 heavy (non-hydrogen) atoms. The molecule has 2 aromatic rings. The molecule has 3 rings (SSSR count). The van der Waals surface area contributed by atoms with Crippen LogP contribution in [0.2, 0.25) is 5.02 Å². The van der Waals surface area contributed by atoms with Gasteiger partial charge in [0.15, 0.2) is 0 Å². The standard InChI is InChI=1S/C17H15ClN4O2/c18-13-4-1-5-14-16(13)12(6-7-20-14)17(24)21-10-15(23)22-8-2-3-11(22)9-19/h1,4-7,11H,2-3,8,10H2,(H,21,24). The van der Waals surface area contributed by atoms with Gasteiger partial charge in [-0.15, -0.1) is 0 Å². The molecular weight excluding hydrogens is 328 g/mol. The number of amides is 2. The van der Waals surface area contributed by atoms with Gasteiger partial charge >= 0.3 is 0 Å². The number of carbonyl (C=O) groups excluding carboxylic acids is 2. The summed E-state index contributed by atoms with van der Waals surface area (Å²) < 4.78 is 0. The second-order valence-corrected chi connectivity index (χ2v) is 5.96. The van der Waals surface area contributed by atoms with Crippen molar-refractivity contribution in [2.45, 2.75) is 18.9 Å². The largest absolute Gasteiger partial charge is 0.343 e. The molecule has 0 bridgehead atoms. The lowest BCUT2D eigenvalue weighted by Crippen LogP contribution is -2.42. The number of hydrogen-bond donors (Lipinski definition) is 1. The highest BCUT2D eigenvalue weighted by Crippen LogP contribution is 2.25. The summed E-state index contributed by atoms with van der Waals surface area (Å²) in [5.74, 6) is -0.645. The summed E-state index contributed by atoms with van der Waals surface area (Å²) in [4.78, 5) is 30.4. The predicted octanol–water partition coefficient (Wildman–Crippen LogP) is 2.13. The van der Waals surface area contributed by atoms with Gasteiger partial charge in [0.05, 0.1) is 28.7 Å². The average Bonchev–Trinajstić information content (AvgIpc) is 3.08. The first-order chi connectivity index (χ1) is 11.6. The average molecular weight is 343 g/mol. The molecule has 0 radical (unpaired) electrons. The van der Waals surface area contributed by atoms with Gasteiger partial charge in [0.25, 0.3) is 5.91 Å². The lowest BCUT2D eigenvalue weighted by molar-refractivity contribution is -0.130. The molecule has 0 spiro atoms. The first-order valence-corrected chi connectivity index (χ1v) is 8.00. The molecule has 1 unspecified atom stereocenters. The monoisotopic (exact) mass is 342 g/mol. The molecule has 2 amide bonds. The first kappa shape index (κ1) is 16.2. The molecule has 1 N–H and O–H groups in total. The molecule has 1 aliphatic rings. The fourth-order valence-corrected chi connectivity index (χ4v) is 3.18. The smallest absolute Gasteiger partial charge is 0.252 e. The van der Waals surface area contributed by atoms with Crippen LogP contribution in [0.15, 0.2) is 30.5 Å². The molecule has 6 nitrogen and oxygen atoms in total. The van der Waals surface area contributed by atoms with Gasteiger partial charge < -0.3 is 10.2 Å². The third-order valence-electron chi connectivity index (χ3n) is 4.08. The zero-order valence-corrected chi connectivity index (χ0v) is 13.6. The molecule has 1 saturated heterocycles. The maximum absolute atomic E-state index is 12.4. The van der Waals surface area contributed by atoms with Crippen molar-refractivity contribution in [2.75, 3.05) is 13.1 Å². The van der Waals surface area contributed by atoms with E-state index in [1.165, 1.54) is 11.1 Å². The van der Waals surface area contributed by atoms with Gasteiger partial charge in [0.1, 0.15) is 6.04 Å². The maximum atomic E-state index is 12.4. The SMILES string of the molecule is N#CC1CCCN1C(=O)CNC(=O)c1ccnc2cccc(Cl)c12. The van der Waals surface area contributed by atoms with E-state index in [9.17, 15) is 9.59 Å². The highest BCUT2D eigenvalue weighted by atomic mass is 35.5. The first-order valence-electron chi connectivity index (χ1n) is 7.62. The number of benzene rings is 1. The van der Waals surface area contributed by atoms with Crippen LogP contribution < -0.4 is 5.32 Å². The van der Waals surface area contributed by atoms with E-state index >= 15 is 0 Å². The van der Waals surface area contributed by atoms with Crippen molar-refractivity contribution < 1.29 is 9.59 Å². The second kappa shape index (κ2) is 6.85. The van der Waals surface area contributed by atoms with E-state index in [1.807, 2.05) is 0 Å². The van der Waals surface area contributed by atoms with Gasteiger partial charge in [-0.1, -0.05) is 17.7 Å². The summed E-state index contributed by atoms with van der Waals surface area (Å²) in [6.45, 7) is 0.405. The highest BCUT2D eigenvalue weighted by Gasteiger charge is 2.28. The summed E-state index contributed by atoms with van der Waals surface area (Å²) in [5.41, 5.74) is 0.988. The quantitative estimate of drug-likeness (QED) is 0.925. The van der Waals surface area contributed by atoms with Crippen molar-refractivity contribution in [2.24, 2.45) is 0 Å². The fourth-order valence-electron chi connectivity index (χ4n) is 2.90. The Kier molecular flexibility index (Phi) is 4.63. The number of aromatic nitrogens is 1. The van der Waals surface area contributed by atoms with Gasteiger partial charge in [-0.05, 0) is 31.0 Å². The Morgan fingerprint density at radius 3 is 3.04 bits per heavy atom. The summed E-state index contributed by atoms with van der Waals surface area (Å²) in [5, 5.41) is 12.6. The van der Waals surface area contributed by atoms with E-state index in [1.54, 1.807) is 24.3 Å². The lowest BCUT2D eigenvalue weighted by Gasteiger charge is -2.19. The van der Waals surface area contributed by atoms with E-state index in [-0.39, 0.29) is 12.5 Å². The van der Waals surface area contributed by atoms with Gasteiger partial charge in [0, 0.05) is 18.1 Å². The Labute approximate surface area is 144 Å². The van der Waals surface area contributed by atoms with Crippen LogP contribution in [0.3, 0.4) is 0 Å². The summed E-state index contributed by atoms with van der Waals surface area (Å²) in [6, 6.07) is 8.51. The van der Waals surface area contributed by atoms with Crippen molar-refractivity contribution in [3.63, 3.8) is 0 Å². The lowest BCUT2D eigenvalue weighted by atomic mass is 10.1. The zero-order chi connectivity index (χ0) is 17.1. The fraction of sp³-hybridized carbons (Fsp3) is 0.294. The van der Waals surface area contributed by atoms with Gasteiger partial charge in [0.2, 0.25) is 5.91 Å². The van der Waals surface area contributed by atoms with Crippen molar-refractivity contribution in [1.82, 2.24) is 15.2 Å². The Balaban J connectivity index is 1.74. The molecule has 2 heterocycles. The van der Waals surface area contributed by atoms with E-state index in [4.69, 9.17) is 16.9 Å². The van der Waals surface area contributed by atoms with Gasteiger partial charge in [-0.2, -0.15) is 5.26 Å². The number of halogens is 1. The van der Waals surface area contributed by atoms with Gasteiger partial charge in [-0.25, -0.2) is 0 Å². The van der Waals surface area contributed by atoms with Crippen LogP contribution in [-0.4, -0.2) is 40.8 Å². The molecule has 1 aliphatic heterocycles. The van der Waals surface area contributed by atoms with E-state index in [0.717, 1.165) is 6.42 Å². The van der Waals surface area contributed by atoms with E-state index < -0.39 is 11.9 Å². The minimum Gasteiger partial charge on any atom is -0.343 e. The van der Waals surface area contributed by atoms with E-state index in [2.05, 4.69) is 16.4 Å². The van der Waals surface area contributed by atoms with Crippen LogP contribution in [0.1, 0.15) is 23.2 Å². The molecule has 7 heteroatoms. The minimum atomic E-state index is -0.398. The number of nitrogens with one attached hydrogen (secondary N) is 1. The van der Waals surface area contributed by atoms with Crippen LogP contribution in [-0.2, 0) is 4.79 Å². The Morgan fingerprint density at radius 2 is 2.25 bits per heavy atom. The molecule has 1 atom stereocenters. The second-order valence-electron chi connectivity index (χ2n) is 5.55. The molecule has 1 fully saturated rings. The molecule has 1 aromatic heterocycles. The van der Waals surface area contributed by atoms with Crippen molar-refractivity contribution in [3.8, 4) is 6.07 Å². The number of nitriles is 1. The summed E-state index contributed by atoms with van der Waals surface area (Å²) >= 11 is 6.18. The molecule has 1 aromatic carbocycles. The topological polar surface area (TPSA) is 86.1 Å². The molecule has 0 saturated carbocycles. The third kappa shape index (κ3) is 3.03. The van der Waals surface area contributed by atoms with Crippen molar-refractivity contribution in [3.05, 3.63) is 41.0 Å². The Hall–Kier alpha value is -2.65. The number of fused-ring (bicyclic) bond motifs is 1. The number of nitrogens with zero attached hydrogens (tertiary/aromatic N) is 3. The predicted molar refractivity (Wildman–Crippen MR) is 89.4 cm³/mol.